The fourth-order valence-corrected chi connectivity index (χ4v) is 3.02. The maximum Gasteiger partial charge on any atom is 0.115 e. The van der Waals surface area contributed by atoms with Crippen molar-refractivity contribution >= 4 is 27.3 Å². The lowest BCUT2D eigenvalue weighted by Gasteiger charge is -2.07. The zero-order valence-corrected chi connectivity index (χ0v) is 12.6. The minimum atomic E-state index is 0.790. The Balaban J connectivity index is 1.80. The molecule has 0 unspecified atom stereocenters. The molecule has 0 atom stereocenters. The van der Waals surface area contributed by atoms with Crippen LogP contribution in [0.2, 0.25) is 0 Å². The second-order valence-corrected chi connectivity index (χ2v) is 6.10. The molecule has 0 aliphatic heterocycles. The smallest absolute Gasteiger partial charge is 0.115 e. The molecule has 0 radical (unpaired) electrons. The number of thiazole rings is 1. The molecule has 2 aromatic heterocycles. The number of hydrogen-bond donors (Lipinski definition) is 0. The molecule has 1 aromatic carbocycles. The van der Waals surface area contributed by atoms with Crippen LogP contribution in [0.25, 0.3) is 0 Å². The van der Waals surface area contributed by atoms with Crippen molar-refractivity contribution in [1.29, 1.82) is 0 Å². The molecule has 5 heteroatoms. The third-order valence-corrected chi connectivity index (χ3v) is 4.11. The molecule has 2 heterocycles. The number of benzene rings is 1. The van der Waals surface area contributed by atoms with Crippen molar-refractivity contribution in [3.63, 3.8) is 0 Å². The summed E-state index contributed by atoms with van der Waals surface area (Å²) < 4.78 is 3.27. The van der Waals surface area contributed by atoms with Crippen molar-refractivity contribution in [2.75, 3.05) is 0 Å². The minimum absolute atomic E-state index is 0.790. The second-order valence-electron chi connectivity index (χ2n) is 4.20. The molecular weight excluding hydrogens is 322 g/mol. The molecule has 0 fully saturated rings. The first-order valence-corrected chi connectivity index (χ1v) is 7.61. The van der Waals surface area contributed by atoms with Crippen LogP contribution in [0.4, 0.5) is 0 Å². The van der Waals surface area contributed by atoms with E-state index in [-0.39, 0.29) is 0 Å². The molecular formula is C14H12BrN3S. The highest BCUT2D eigenvalue weighted by Gasteiger charge is 2.06. The average molecular weight is 334 g/mol. The zero-order valence-electron chi connectivity index (χ0n) is 10.2. The SMILES string of the molecule is Brc1cccc(Cn2ccnc2Cc2nccs2)c1. The average Bonchev–Trinajstić information content (AvgIpc) is 3.03. The topological polar surface area (TPSA) is 30.7 Å². The Labute approximate surface area is 124 Å². The molecule has 3 nitrogen and oxygen atoms in total. The fraction of sp³-hybridized carbons (Fsp3) is 0.143. The number of nitrogens with zero attached hydrogens (tertiary/aromatic N) is 3. The van der Waals surface area contributed by atoms with Crippen molar-refractivity contribution in [2.45, 2.75) is 13.0 Å². The van der Waals surface area contributed by atoms with Crippen LogP contribution >= 0.6 is 27.3 Å². The molecule has 0 saturated carbocycles. The summed E-state index contributed by atoms with van der Waals surface area (Å²) in [6.45, 7) is 0.833. The summed E-state index contributed by atoms with van der Waals surface area (Å²) in [4.78, 5) is 8.74. The molecule has 19 heavy (non-hydrogen) atoms. The number of aromatic nitrogens is 3. The van der Waals surface area contributed by atoms with Gasteiger partial charge in [-0.05, 0) is 17.7 Å². The van der Waals surface area contributed by atoms with Gasteiger partial charge >= 0.3 is 0 Å². The van der Waals surface area contributed by atoms with E-state index in [1.807, 2.05) is 30.0 Å². The van der Waals surface area contributed by atoms with E-state index in [0.717, 1.165) is 28.3 Å². The van der Waals surface area contributed by atoms with E-state index in [1.165, 1.54) is 5.56 Å². The van der Waals surface area contributed by atoms with E-state index in [9.17, 15) is 0 Å². The van der Waals surface area contributed by atoms with Crippen LogP contribution in [0.15, 0.2) is 52.7 Å². The second kappa shape index (κ2) is 5.67. The van der Waals surface area contributed by atoms with Gasteiger partial charge in [0, 0.05) is 35.0 Å². The number of halogens is 1. The van der Waals surface area contributed by atoms with Gasteiger partial charge in [0.2, 0.25) is 0 Å². The van der Waals surface area contributed by atoms with Crippen molar-refractivity contribution in [2.24, 2.45) is 0 Å². The molecule has 96 valence electrons. The van der Waals surface area contributed by atoms with Gasteiger partial charge in [0.15, 0.2) is 0 Å². The zero-order chi connectivity index (χ0) is 13.1. The van der Waals surface area contributed by atoms with Crippen LogP contribution in [0, 0.1) is 0 Å². The number of imidazole rings is 1. The predicted molar refractivity (Wildman–Crippen MR) is 80.4 cm³/mol. The Kier molecular flexibility index (Phi) is 3.75. The summed E-state index contributed by atoms with van der Waals surface area (Å²) in [6, 6.07) is 8.34. The van der Waals surface area contributed by atoms with Gasteiger partial charge in [-0.25, -0.2) is 9.97 Å². The molecule has 0 aliphatic carbocycles. The molecule has 0 aliphatic rings. The number of rotatable bonds is 4. The Hall–Kier alpha value is -1.46. The summed E-state index contributed by atoms with van der Waals surface area (Å²) in [5.41, 5.74) is 1.26. The van der Waals surface area contributed by atoms with Crippen molar-refractivity contribution < 1.29 is 0 Å². The molecule has 0 N–H and O–H groups in total. The summed E-state index contributed by atoms with van der Waals surface area (Å²) in [7, 11) is 0. The maximum absolute atomic E-state index is 4.43. The van der Waals surface area contributed by atoms with Crippen molar-refractivity contribution in [3.05, 3.63) is 69.1 Å². The summed E-state index contributed by atoms with van der Waals surface area (Å²) >= 11 is 5.17. The predicted octanol–water partition coefficient (Wildman–Crippen LogP) is 3.74. The first kappa shape index (κ1) is 12.6. The van der Waals surface area contributed by atoms with Crippen LogP contribution in [0.1, 0.15) is 16.4 Å². The Morgan fingerprint density at radius 3 is 2.95 bits per heavy atom. The Morgan fingerprint density at radius 1 is 1.21 bits per heavy atom. The quantitative estimate of drug-likeness (QED) is 0.728. The molecule has 0 amide bonds. The fourth-order valence-electron chi connectivity index (χ4n) is 1.96. The van der Waals surface area contributed by atoms with Gasteiger partial charge in [-0.1, -0.05) is 28.1 Å². The van der Waals surface area contributed by atoms with E-state index < -0.39 is 0 Å². The van der Waals surface area contributed by atoms with Crippen LogP contribution in [-0.4, -0.2) is 14.5 Å². The third kappa shape index (κ3) is 3.11. The highest BCUT2D eigenvalue weighted by Crippen LogP contribution is 2.15. The van der Waals surface area contributed by atoms with Crippen LogP contribution in [0.3, 0.4) is 0 Å². The van der Waals surface area contributed by atoms with Crippen LogP contribution in [0.5, 0.6) is 0 Å². The van der Waals surface area contributed by atoms with E-state index in [1.54, 1.807) is 11.3 Å². The maximum atomic E-state index is 4.43. The standard InChI is InChI=1S/C14H12BrN3S/c15-12-3-1-2-11(8-12)10-18-6-4-16-13(18)9-14-17-5-7-19-14/h1-8H,9-10H2. The van der Waals surface area contributed by atoms with Gasteiger partial charge < -0.3 is 4.57 Å². The lowest BCUT2D eigenvalue weighted by atomic mass is 10.2. The highest BCUT2D eigenvalue weighted by atomic mass is 79.9. The molecule has 3 rings (SSSR count). The normalized spacial score (nSPS) is 10.8. The minimum Gasteiger partial charge on any atom is -0.330 e. The van der Waals surface area contributed by atoms with Gasteiger partial charge in [-0.3, -0.25) is 0 Å². The van der Waals surface area contributed by atoms with Crippen molar-refractivity contribution in [1.82, 2.24) is 14.5 Å². The van der Waals surface area contributed by atoms with Gasteiger partial charge in [0.25, 0.3) is 0 Å². The highest BCUT2D eigenvalue weighted by molar-refractivity contribution is 9.10. The lowest BCUT2D eigenvalue weighted by Crippen LogP contribution is -2.05. The largest absolute Gasteiger partial charge is 0.330 e. The third-order valence-electron chi connectivity index (χ3n) is 2.84. The summed E-state index contributed by atoms with van der Waals surface area (Å²) in [5, 5.41) is 3.10. The molecule has 0 saturated heterocycles. The van der Waals surface area contributed by atoms with Gasteiger partial charge in [-0.2, -0.15) is 0 Å². The monoisotopic (exact) mass is 333 g/mol. The van der Waals surface area contributed by atoms with E-state index in [2.05, 4.69) is 48.7 Å². The first-order valence-electron chi connectivity index (χ1n) is 5.94. The Bertz CT molecular complexity index is 661. The first-order chi connectivity index (χ1) is 9.31. The Morgan fingerprint density at radius 2 is 2.16 bits per heavy atom. The van der Waals surface area contributed by atoms with Gasteiger partial charge in [0.1, 0.15) is 5.82 Å². The molecule has 0 spiro atoms. The van der Waals surface area contributed by atoms with Crippen LogP contribution in [-0.2, 0) is 13.0 Å². The number of hydrogen-bond acceptors (Lipinski definition) is 3. The van der Waals surface area contributed by atoms with Crippen LogP contribution < -0.4 is 0 Å². The van der Waals surface area contributed by atoms with Crippen molar-refractivity contribution in [3.8, 4) is 0 Å². The van der Waals surface area contributed by atoms with Gasteiger partial charge in [-0.15, -0.1) is 11.3 Å². The van der Waals surface area contributed by atoms with Gasteiger partial charge in [0.05, 0.1) is 11.4 Å². The molecule has 0 bridgehead atoms. The van der Waals surface area contributed by atoms with E-state index in [4.69, 9.17) is 0 Å². The summed E-state index contributed by atoms with van der Waals surface area (Å²) in [5.74, 6) is 1.05. The molecule has 3 aromatic rings. The van der Waals surface area contributed by atoms with E-state index >= 15 is 0 Å². The van der Waals surface area contributed by atoms with E-state index in [0.29, 0.717) is 0 Å². The summed E-state index contributed by atoms with van der Waals surface area (Å²) in [6.07, 6.45) is 6.49. The lowest BCUT2D eigenvalue weighted by molar-refractivity contribution is 0.739.